The zero-order chi connectivity index (χ0) is 17.7. The van der Waals surface area contributed by atoms with Gasteiger partial charge in [0.2, 0.25) is 15.9 Å². The summed E-state index contributed by atoms with van der Waals surface area (Å²) in [6.07, 6.45) is 1.06. The number of nitrogens with one attached hydrogen (secondary N) is 1. The highest BCUT2D eigenvalue weighted by Crippen LogP contribution is 2.35. The molecule has 0 unspecified atom stereocenters. The average molecular weight is 358 g/mol. The molecule has 1 aliphatic rings. The number of sulfonamides is 1. The molecule has 0 saturated heterocycles. The Labute approximate surface area is 141 Å². The van der Waals surface area contributed by atoms with Crippen LogP contribution >= 0.6 is 0 Å². The van der Waals surface area contributed by atoms with E-state index in [9.17, 15) is 13.2 Å². The minimum Gasteiger partial charge on any atom is -0.486 e. The molecular weight excluding hydrogens is 336 g/mol. The van der Waals surface area contributed by atoms with Crippen LogP contribution in [0.4, 0.5) is 5.69 Å². The smallest absolute Gasteiger partial charge is 0.243 e. The molecule has 0 spiro atoms. The van der Waals surface area contributed by atoms with Crippen molar-refractivity contribution in [3.05, 3.63) is 18.2 Å². The summed E-state index contributed by atoms with van der Waals surface area (Å²) in [4.78, 5) is 12.2. The fourth-order valence-electron chi connectivity index (χ4n) is 2.40. The Balaban J connectivity index is 2.27. The van der Waals surface area contributed by atoms with Gasteiger partial charge in [-0.05, 0) is 19.1 Å². The van der Waals surface area contributed by atoms with E-state index in [1.807, 2.05) is 0 Å². The third-order valence-corrected chi connectivity index (χ3v) is 4.72. The largest absolute Gasteiger partial charge is 0.486 e. The third-order valence-electron chi connectivity index (χ3n) is 3.47. The second-order valence-corrected chi connectivity index (χ2v) is 7.21. The SMILES string of the molecule is COCCNC(=O)[C@@H](C)N(c1ccc2c(c1)OCCO2)S(C)(=O)=O. The van der Waals surface area contributed by atoms with Crippen LogP contribution in [0.1, 0.15) is 6.92 Å². The zero-order valence-corrected chi connectivity index (χ0v) is 14.8. The number of rotatable bonds is 7. The Morgan fingerprint density at radius 1 is 1.33 bits per heavy atom. The van der Waals surface area contributed by atoms with Crippen LogP contribution in [0.3, 0.4) is 0 Å². The predicted molar refractivity (Wildman–Crippen MR) is 89.1 cm³/mol. The summed E-state index contributed by atoms with van der Waals surface area (Å²) in [6, 6.07) is 3.87. The quantitative estimate of drug-likeness (QED) is 0.708. The normalized spacial score (nSPS) is 14.8. The van der Waals surface area contributed by atoms with Crippen molar-refractivity contribution >= 4 is 21.6 Å². The highest BCUT2D eigenvalue weighted by Gasteiger charge is 2.30. The van der Waals surface area contributed by atoms with Crippen molar-refractivity contribution in [2.45, 2.75) is 13.0 Å². The van der Waals surface area contributed by atoms with E-state index in [1.165, 1.54) is 14.0 Å². The molecule has 1 aromatic carbocycles. The van der Waals surface area contributed by atoms with Gasteiger partial charge in [-0.15, -0.1) is 0 Å². The van der Waals surface area contributed by atoms with E-state index in [1.54, 1.807) is 18.2 Å². The lowest BCUT2D eigenvalue weighted by Gasteiger charge is -2.29. The molecule has 2 rings (SSSR count). The van der Waals surface area contributed by atoms with Gasteiger partial charge in [-0.25, -0.2) is 8.42 Å². The Bertz CT molecular complexity index is 691. The number of benzene rings is 1. The van der Waals surface area contributed by atoms with Crippen molar-refractivity contribution in [1.82, 2.24) is 5.32 Å². The molecule has 0 bridgehead atoms. The summed E-state index contributed by atoms with van der Waals surface area (Å²) >= 11 is 0. The van der Waals surface area contributed by atoms with Crippen LogP contribution in [-0.2, 0) is 19.6 Å². The number of hydrogen-bond acceptors (Lipinski definition) is 6. The zero-order valence-electron chi connectivity index (χ0n) is 13.9. The molecule has 1 atom stereocenters. The number of anilines is 1. The number of methoxy groups -OCH3 is 1. The molecule has 134 valence electrons. The van der Waals surface area contributed by atoms with E-state index in [0.717, 1.165) is 10.6 Å². The van der Waals surface area contributed by atoms with Crippen LogP contribution in [0, 0.1) is 0 Å². The van der Waals surface area contributed by atoms with Gasteiger partial charge in [0.15, 0.2) is 11.5 Å². The van der Waals surface area contributed by atoms with E-state index in [0.29, 0.717) is 43.6 Å². The molecular formula is C15H22N2O6S. The summed E-state index contributed by atoms with van der Waals surface area (Å²) in [6.45, 7) is 3.02. The number of nitrogens with zero attached hydrogens (tertiary/aromatic N) is 1. The molecule has 0 aromatic heterocycles. The lowest BCUT2D eigenvalue weighted by molar-refractivity contribution is -0.122. The molecule has 0 aliphatic carbocycles. The van der Waals surface area contributed by atoms with Gasteiger partial charge in [-0.3, -0.25) is 9.10 Å². The highest BCUT2D eigenvalue weighted by molar-refractivity contribution is 7.92. The molecule has 0 saturated carbocycles. The van der Waals surface area contributed by atoms with Gasteiger partial charge in [-0.2, -0.15) is 0 Å². The predicted octanol–water partition coefficient (Wildman–Crippen LogP) is 0.375. The lowest BCUT2D eigenvalue weighted by Crippen LogP contribution is -2.48. The fraction of sp³-hybridized carbons (Fsp3) is 0.533. The van der Waals surface area contributed by atoms with E-state index >= 15 is 0 Å². The molecule has 0 fully saturated rings. The molecule has 1 aliphatic heterocycles. The van der Waals surface area contributed by atoms with E-state index in [4.69, 9.17) is 14.2 Å². The maximum Gasteiger partial charge on any atom is 0.243 e. The van der Waals surface area contributed by atoms with E-state index in [2.05, 4.69) is 5.32 Å². The minimum atomic E-state index is -3.67. The minimum absolute atomic E-state index is 0.304. The number of carbonyl (C=O) groups excluding carboxylic acids is 1. The summed E-state index contributed by atoms with van der Waals surface area (Å²) in [5.74, 6) is 0.599. The fourth-order valence-corrected chi connectivity index (χ4v) is 3.57. The second kappa shape index (κ2) is 7.71. The first-order valence-electron chi connectivity index (χ1n) is 7.50. The van der Waals surface area contributed by atoms with Gasteiger partial charge >= 0.3 is 0 Å². The summed E-state index contributed by atoms with van der Waals surface area (Å²) in [7, 11) is -2.15. The van der Waals surface area contributed by atoms with Crippen LogP contribution in [0.15, 0.2) is 18.2 Å². The summed E-state index contributed by atoms with van der Waals surface area (Å²) < 4.78 is 41.3. The molecule has 1 aromatic rings. The van der Waals surface area contributed by atoms with Gasteiger partial charge in [-0.1, -0.05) is 0 Å². The Kier molecular flexibility index (Phi) is 5.89. The molecule has 9 heteroatoms. The van der Waals surface area contributed by atoms with Crippen molar-refractivity contribution in [1.29, 1.82) is 0 Å². The molecule has 1 amide bonds. The maximum absolute atomic E-state index is 12.2. The van der Waals surface area contributed by atoms with Crippen molar-refractivity contribution < 1.29 is 27.4 Å². The standard InChI is InChI=1S/C15H22N2O6S/c1-11(15(18)16-6-7-21-2)17(24(3,19)20)12-4-5-13-14(10-12)23-9-8-22-13/h4-5,10-11H,6-9H2,1-3H3,(H,16,18)/t11-/m1/s1. The van der Waals surface area contributed by atoms with Gasteiger partial charge in [0, 0.05) is 19.7 Å². The molecule has 8 nitrogen and oxygen atoms in total. The van der Waals surface area contributed by atoms with Gasteiger partial charge < -0.3 is 19.5 Å². The Morgan fingerprint density at radius 3 is 2.62 bits per heavy atom. The van der Waals surface area contributed by atoms with E-state index in [-0.39, 0.29) is 0 Å². The molecule has 0 radical (unpaired) electrons. The first-order valence-corrected chi connectivity index (χ1v) is 9.35. The number of fused-ring (bicyclic) bond motifs is 1. The van der Waals surface area contributed by atoms with Crippen LogP contribution in [-0.4, -0.2) is 60.1 Å². The van der Waals surface area contributed by atoms with Crippen LogP contribution in [0.25, 0.3) is 0 Å². The Morgan fingerprint density at radius 2 is 2.00 bits per heavy atom. The van der Waals surface area contributed by atoms with Gasteiger partial charge in [0.1, 0.15) is 19.3 Å². The molecule has 1 N–H and O–H groups in total. The monoisotopic (exact) mass is 358 g/mol. The third kappa shape index (κ3) is 4.30. The molecule has 24 heavy (non-hydrogen) atoms. The summed E-state index contributed by atoms with van der Waals surface area (Å²) in [5.41, 5.74) is 0.344. The number of hydrogen-bond donors (Lipinski definition) is 1. The van der Waals surface area contributed by atoms with Gasteiger partial charge in [0.25, 0.3) is 0 Å². The van der Waals surface area contributed by atoms with Crippen LogP contribution < -0.4 is 19.1 Å². The van der Waals surface area contributed by atoms with E-state index < -0.39 is 22.0 Å². The Hall–Kier alpha value is -2.00. The first kappa shape index (κ1) is 18.3. The lowest BCUT2D eigenvalue weighted by atomic mass is 10.2. The molecule has 1 heterocycles. The van der Waals surface area contributed by atoms with Crippen LogP contribution in [0.2, 0.25) is 0 Å². The highest BCUT2D eigenvalue weighted by atomic mass is 32.2. The van der Waals surface area contributed by atoms with Crippen molar-refractivity contribution in [3.8, 4) is 11.5 Å². The maximum atomic E-state index is 12.2. The number of carbonyl (C=O) groups is 1. The van der Waals surface area contributed by atoms with Crippen LogP contribution in [0.5, 0.6) is 11.5 Å². The number of amides is 1. The van der Waals surface area contributed by atoms with Crippen molar-refractivity contribution in [3.63, 3.8) is 0 Å². The van der Waals surface area contributed by atoms with Gasteiger partial charge in [0.05, 0.1) is 18.6 Å². The first-order chi connectivity index (χ1) is 11.3. The number of ether oxygens (including phenoxy) is 3. The van der Waals surface area contributed by atoms with Crippen molar-refractivity contribution in [2.75, 3.05) is 44.0 Å². The summed E-state index contributed by atoms with van der Waals surface area (Å²) in [5, 5.41) is 2.64. The average Bonchev–Trinajstić information content (AvgIpc) is 2.53. The second-order valence-electron chi connectivity index (χ2n) is 5.35. The van der Waals surface area contributed by atoms with Crippen molar-refractivity contribution in [2.24, 2.45) is 0 Å². The topological polar surface area (TPSA) is 94.2 Å².